The summed E-state index contributed by atoms with van der Waals surface area (Å²) >= 11 is 6.01. The summed E-state index contributed by atoms with van der Waals surface area (Å²) in [7, 11) is 0. The lowest BCUT2D eigenvalue weighted by atomic mass is 9.93. The monoisotopic (exact) mass is 617 g/mol. The van der Waals surface area contributed by atoms with E-state index in [-0.39, 0.29) is 11.8 Å². The molecule has 0 aliphatic carbocycles. The first-order valence-electron chi connectivity index (χ1n) is 14.8. The van der Waals surface area contributed by atoms with Crippen molar-refractivity contribution in [2.45, 2.75) is 130 Å². The van der Waals surface area contributed by atoms with Gasteiger partial charge in [0.15, 0.2) is 23.2 Å². The van der Waals surface area contributed by atoms with Crippen LogP contribution in [0, 0.1) is 0 Å². The van der Waals surface area contributed by atoms with E-state index in [0.717, 1.165) is 5.56 Å². The van der Waals surface area contributed by atoms with Gasteiger partial charge in [-0.25, -0.2) is 4.98 Å². The number of fused-ring (bicyclic) bond motifs is 1. The van der Waals surface area contributed by atoms with Crippen molar-refractivity contribution in [1.82, 2.24) is 19.5 Å². The Labute approximate surface area is 260 Å². The summed E-state index contributed by atoms with van der Waals surface area (Å²) in [6, 6.07) is 7.78. The molecule has 1 fully saturated rings. The van der Waals surface area contributed by atoms with Crippen LogP contribution >= 0.6 is 11.6 Å². The maximum Gasteiger partial charge on any atom is 0.320 e. The van der Waals surface area contributed by atoms with Gasteiger partial charge in [0.1, 0.15) is 18.3 Å². The van der Waals surface area contributed by atoms with Gasteiger partial charge in [-0.1, -0.05) is 23.7 Å². The summed E-state index contributed by atoms with van der Waals surface area (Å²) in [5.74, 6) is 0.215. The molecule has 238 valence electrons. The van der Waals surface area contributed by atoms with Crippen molar-refractivity contribution in [2.75, 3.05) is 12.3 Å². The first kappa shape index (κ1) is 33.4. The van der Waals surface area contributed by atoms with Gasteiger partial charge < -0.3 is 29.4 Å². The average Bonchev–Trinajstić information content (AvgIpc) is 3.39. The largest absolute Gasteiger partial charge is 0.463 e. The predicted molar refractivity (Wildman–Crippen MR) is 168 cm³/mol. The molecule has 0 amide bonds. The number of aromatic nitrogens is 4. The third-order valence-electron chi connectivity index (χ3n) is 6.66. The summed E-state index contributed by atoms with van der Waals surface area (Å²) in [4.78, 5) is 13.6. The molecule has 1 aromatic carbocycles. The second-order valence-corrected chi connectivity index (χ2v) is 15.0. The molecule has 3 heterocycles. The van der Waals surface area contributed by atoms with Gasteiger partial charge in [-0.15, -0.1) is 0 Å². The number of rotatable bonds is 9. The van der Waals surface area contributed by atoms with Crippen LogP contribution < -0.4 is 10.5 Å². The van der Waals surface area contributed by atoms with Crippen molar-refractivity contribution >= 4 is 28.6 Å². The number of hydrogen-bond donors (Lipinski definition) is 1. The van der Waals surface area contributed by atoms with Gasteiger partial charge in [0.2, 0.25) is 0 Å². The Kier molecular flexibility index (Phi) is 9.41. The van der Waals surface area contributed by atoms with Gasteiger partial charge in [0.25, 0.3) is 0 Å². The molecule has 4 atom stereocenters. The van der Waals surface area contributed by atoms with Crippen molar-refractivity contribution in [3.05, 3.63) is 41.2 Å². The molecule has 3 aromatic rings. The number of nitrogens with two attached hydrogens (primary N) is 1. The molecule has 0 saturated carbocycles. The molecule has 10 nitrogen and oxygen atoms in total. The maximum atomic E-state index is 6.87. The van der Waals surface area contributed by atoms with Gasteiger partial charge in [0, 0.05) is 11.4 Å². The number of nitrogen functional groups attached to an aromatic ring is 1. The standard InChI is InChI=1S/C32H48ClN5O5/c1-29(2,3)41-22-23(42-30(4,5)6)27(40-24(22)32(10,11)43-31(7,8)9)38-18-35-21-25(34)36-28(37-26(21)38)39-17-16-19-12-14-20(33)15-13-19/h12-15,18,22-24,27H,16-17H2,1-11H3,(H2,34,36,37)/t22-,23+,24-,27+/m0/s1. The summed E-state index contributed by atoms with van der Waals surface area (Å²) in [5.41, 5.74) is 6.22. The SMILES string of the molecule is CC(C)(C)O[C@@H]1[C@H](OC(C)(C)C)[C@@H](C(C)(C)OC(C)(C)C)O[C@H]1n1cnc2c(N)nc(OCCc3ccc(Cl)cc3)nc21. The number of hydrogen-bond acceptors (Lipinski definition) is 9. The Hall–Kier alpha value is -2.50. The average molecular weight is 618 g/mol. The van der Waals surface area contributed by atoms with Gasteiger partial charge >= 0.3 is 6.01 Å². The molecule has 0 bridgehead atoms. The molecule has 0 unspecified atom stereocenters. The quantitative estimate of drug-likeness (QED) is 0.285. The van der Waals surface area contributed by atoms with Crippen molar-refractivity contribution in [3.8, 4) is 6.01 Å². The third kappa shape index (κ3) is 8.57. The minimum absolute atomic E-state index is 0.155. The van der Waals surface area contributed by atoms with Crippen LogP contribution in [0.4, 0.5) is 5.82 Å². The van der Waals surface area contributed by atoms with Gasteiger partial charge in [-0.2, -0.15) is 9.97 Å². The molecule has 0 spiro atoms. The van der Waals surface area contributed by atoms with Crippen molar-refractivity contribution in [2.24, 2.45) is 0 Å². The number of benzene rings is 1. The third-order valence-corrected chi connectivity index (χ3v) is 6.91. The Balaban J connectivity index is 1.72. The summed E-state index contributed by atoms with van der Waals surface area (Å²) in [6.07, 6.45) is 0.158. The normalized spacial score (nSPS) is 22.0. The Morgan fingerprint density at radius 2 is 1.47 bits per heavy atom. The van der Waals surface area contributed by atoms with E-state index in [4.69, 9.17) is 46.0 Å². The summed E-state index contributed by atoms with van der Waals surface area (Å²) in [6.45, 7) is 22.6. The summed E-state index contributed by atoms with van der Waals surface area (Å²) < 4.78 is 34.6. The lowest BCUT2D eigenvalue weighted by Crippen LogP contribution is -2.53. The molecule has 43 heavy (non-hydrogen) atoms. The lowest BCUT2D eigenvalue weighted by molar-refractivity contribution is -0.212. The zero-order chi connectivity index (χ0) is 32.0. The van der Waals surface area contributed by atoms with Gasteiger partial charge in [-0.05, 0) is 93.9 Å². The Morgan fingerprint density at radius 1 is 0.860 bits per heavy atom. The van der Waals surface area contributed by atoms with E-state index in [2.05, 4.69) is 9.97 Å². The molecule has 2 aromatic heterocycles. The van der Waals surface area contributed by atoms with E-state index in [1.54, 1.807) is 6.33 Å². The minimum atomic E-state index is -0.733. The number of anilines is 1. The molecule has 0 radical (unpaired) electrons. The molecule has 4 rings (SSSR count). The van der Waals surface area contributed by atoms with Crippen molar-refractivity contribution in [3.63, 3.8) is 0 Å². The van der Waals surface area contributed by atoms with Gasteiger partial charge in [0.05, 0.1) is 35.3 Å². The topological polar surface area (TPSA) is 116 Å². The van der Waals surface area contributed by atoms with Gasteiger partial charge in [-0.3, -0.25) is 4.57 Å². The minimum Gasteiger partial charge on any atom is -0.463 e. The van der Waals surface area contributed by atoms with Crippen LogP contribution in [0.2, 0.25) is 5.02 Å². The number of halogens is 1. The second kappa shape index (κ2) is 12.1. The highest BCUT2D eigenvalue weighted by Crippen LogP contribution is 2.44. The van der Waals surface area contributed by atoms with Crippen LogP contribution in [-0.4, -0.2) is 66.8 Å². The zero-order valence-corrected chi connectivity index (χ0v) is 28.2. The van der Waals surface area contributed by atoms with Crippen LogP contribution in [0.1, 0.15) is 88.0 Å². The van der Waals surface area contributed by atoms with Crippen LogP contribution in [0.5, 0.6) is 6.01 Å². The van der Waals surface area contributed by atoms with Crippen LogP contribution in [0.25, 0.3) is 11.2 Å². The number of imidazole rings is 1. The van der Waals surface area contributed by atoms with E-state index in [1.165, 1.54) is 0 Å². The van der Waals surface area contributed by atoms with E-state index >= 15 is 0 Å². The smallest absolute Gasteiger partial charge is 0.320 e. The molecular weight excluding hydrogens is 570 g/mol. The highest BCUT2D eigenvalue weighted by molar-refractivity contribution is 6.30. The molecule has 2 N–H and O–H groups in total. The van der Waals surface area contributed by atoms with Crippen molar-refractivity contribution < 1.29 is 23.7 Å². The van der Waals surface area contributed by atoms with Crippen LogP contribution in [0.3, 0.4) is 0 Å². The number of ether oxygens (including phenoxy) is 5. The summed E-state index contributed by atoms with van der Waals surface area (Å²) in [5, 5.41) is 0.688. The lowest BCUT2D eigenvalue weighted by Gasteiger charge is -2.41. The van der Waals surface area contributed by atoms with E-state index in [9.17, 15) is 0 Å². The molecule has 1 aliphatic heterocycles. The zero-order valence-electron chi connectivity index (χ0n) is 27.4. The fourth-order valence-corrected chi connectivity index (χ4v) is 5.55. The maximum absolute atomic E-state index is 6.87. The molecule has 1 aliphatic rings. The Morgan fingerprint density at radius 3 is 2.05 bits per heavy atom. The van der Waals surface area contributed by atoms with Crippen molar-refractivity contribution in [1.29, 1.82) is 0 Å². The van der Waals surface area contributed by atoms with E-state index < -0.39 is 46.9 Å². The second-order valence-electron chi connectivity index (χ2n) is 14.6. The molecule has 11 heteroatoms. The highest BCUT2D eigenvalue weighted by Gasteiger charge is 2.56. The predicted octanol–water partition coefficient (Wildman–Crippen LogP) is 6.54. The van der Waals surface area contributed by atoms with E-state index in [1.807, 2.05) is 105 Å². The first-order valence-corrected chi connectivity index (χ1v) is 15.2. The first-order chi connectivity index (χ1) is 19.7. The highest BCUT2D eigenvalue weighted by atomic mass is 35.5. The Bertz CT molecular complexity index is 1390. The van der Waals surface area contributed by atoms with Crippen LogP contribution in [-0.2, 0) is 25.4 Å². The molecular formula is C32H48ClN5O5. The van der Waals surface area contributed by atoms with Crippen LogP contribution in [0.15, 0.2) is 30.6 Å². The fraction of sp³-hybridized carbons (Fsp3) is 0.656. The molecule has 1 saturated heterocycles. The number of nitrogens with zero attached hydrogens (tertiary/aromatic N) is 4. The fourth-order valence-electron chi connectivity index (χ4n) is 5.42. The van der Waals surface area contributed by atoms with E-state index in [0.29, 0.717) is 29.2 Å².